The molecule has 0 fully saturated rings. The van der Waals surface area contributed by atoms with E-state index in [1.54, 1.807) is 49.4 Å². The zero-order valence-electron chi connectivity index (χ0n) is 23.3. The smallest absolute Gasteiger partial charge is 0.355 e. The minimum absolute atomic E-state index is 0.223. The largest absolute Gasteiger partial charge is 0.493 e. The number of carbonyl (C=O) groups is 2. The Morgan fingerprint density at radius 2 is 1.65 bits per heavy atom. The highest BCUT2D eigenvalue weighted by Gasteiger charge is 2.20. The number of benzene rings is 4. The molecular weight excluding hydrogens is 588 g/mol. The summed E-state index contributed by atoms with van der Waals surface area (Å²) in [6, 6.07) is 29.3. The first-order valence-corrected chi connectivity index (χ1v) is 14.4. The van der Waals surface area contributed by atoms with Crippen molar-refractivity contribution in [3.63, 3.8) is 0 Å². The van der Waals surface area contributed by atoms with E-state index >= 15 is 0 Å². The lowest BCUT2D eigenvalue weighted by Gasteiger charge is -2.13. The van der Waals surface area contributed by atoms with Crippen molar-refractivity contribution in [1.29, 1.82) is 0 Å². The molecule has 0 saturated carbocycles. The van der Waals surface area contributed by atoms with Gasteiger partial charge in [-0.25, -0.2) is 10.2 Å². The highest BCUT2D eigenvalue weighted by molar-refractivity contribution is 7.21. The lowest BCUT2D eigenvalue weighted by molar-refractivity contribution is -0.127. The van der Waals surface area contributed by atoms with Crippen LogP contribution in [-0.4, -0.2) is 31.3 Å². The number of esters is 1. The number of ether oxygens (including phenoxy) is 4. The zero-order valence-corrected chi connectivity index (χ0v) is 24.9. The first kappa shape index (κ1) is 29.6. The minimum atomic E-state index is -0.801. The topological polar surface area (TPSA) is 95.5 Å². The van der Waals surface area contributed by atoms with E-state index in [1.165, 1.54) is 24.7 Å². The van der Waals surface area contributed by atoms with Gasteiger partial charge in [0.1, 0.15) is 23.0 Å². The molecule has 10 heteroatoms. The molecule has 0 bridgehead atoms. The number of hydrogen-bond acceptors (Lipinski definition) is 8. The molecule has 0 aliphatic carbocycles. The summed E-state index contributed by atoms with van der Waals surface area (Å²) in [5, 5.41) is 5.17. The Morgan fingerprint density at radius 1 is 0.930 bits per heavy atom. The van der Waals surface area contributed by atoms with Crippen molar-refractivity contribution < 1.29 is 28.5 Å². The molecule has 1 N–H and O–H groups in total. The van der Waals surface area contributed by atoms with Crippen molar-refractivity contribution in [3.05, 3.63) is 118 Å². The molecule has 0 spiro atoms. The molecule has 8 nitrogen and oxygen atoms in total. The van der Waals surface area contributed by atoms with Gasteiger partial charge in [0.2, 0.25) is 0 Å². The molecule has 0 aliphatic heterocycles. The number of hydrogen-bond donors (Lipinski definition) is 1. The van der Waals surface area contributed by atoms with Crippen molar-refractivity contribution in [2.24, 2.45) is 5.10 Å². The number of hydrazone groups is 1. The Balaban J connectivity index is 1.13. The Kier molecular flexibility index (Phi) is 9.56. The Labute approximate surface area is 257 Å². The standard InChI is InChI=1S/C33H27ClN2O6S/c1-21(41-25-15-13-24(14-16-25)40-20-22-8-4-3-5-9-22)32(37)36-35-19-23-12-17-27(28(18-23)39-2)42-33(38)31-30(34)26-10-6-7-11-29(26)43-31/h3-19,21H,20H2,1-2H3,(H,36,37). The highest BCUT2D eigenvalue weighted by atomic mass is 35.5. The SMILES string of the molecule is COc1cc(C=NNC(=O)C(C)Oc2ccc(OCc3ccccc3)cc2)ccc1OC(=O)c1sc2ccccc2c1Cl. The van der Waals surface area contributed by atoms with Gasteiger partial charge in [-0.3, -0.25) is 4.79 Å². The van der Waals surface area contributed by atoms with Crippen LogP contribution >= 0.6 is 22.9 Å². The third-order valence-corrected chi connectivity index (χ3v) is 7.91. The summed E-state index contributed by atoms with van der Waals surface area (Å²) in [5.74, 6) is 0.734. The quantitative estimate of drug-likeness (QED) is 0.0727. The lowest BCUT2D eigenvalue weighted by atomic mass is 10.2. The van der Waals surface area contributed by atoms with Crippen LogP contribution in [0.2, 0.25) is 5.02 Å². The molecule has 0 saturated heterocycles. The molecule has 1 amide bonds. The van der Waals surface area contributed by atoms with Crippen LogP contribution in [0.1, 0.15) is 27.7 Å². The van der Waals surface area contributed by atoms with E-state index in [2.05, 4.69) is 10.5 Å². The number of halogens is 1. The van der Waals surface area contributed by atoms with Gasteiger partial charge < -0.3 is 18.9 Å². The summed E-state index contributed by atoms with van der Waals surface area (Å²) < 4.78 is 23.4. The Bertz CT molecular complexity index is 1760. The number of nitrogens with zero attached hydrogens (tertiary/aromatic N) is 1. The number of amides is 1. The van der Waals surface area contributed by atoms with E-state index in [0.717, 1.165) is 15.6 Å². The average molecular weight is 615 g/mol. The maximum atomic E-state index is 12.9. The fourth-order valence-electron chi connectivity index (χ4n) is 4.01. The third kappa shape index (κ3) is 7.51. The van der Waals surface area contributed by atoms with E-state index in [9.17, 15) is 9.59 Å². The Hall–Kier alpha value is -4.86. The number of methoxy groups -OCH3 is 1. The summed E-state index contributed by atoms with van der Waals surface area (Å²) in [4.78, 5) is 25.7. The maximum absolute atomic E-state index is 12.9. The molecule has 218 valence electrons. The Morgan fingerprint density at radius 3 is 2.40 bits per heavy atom. The summed E-state index contributed by atoms with van der Waals surface area (Å²) >= 11 is 7.68. The van der Waals surface area contributed by atoms with E-state index < -0.39 is 18.0 Å². The summed E-state index contributed by atoms with van der Waals surface area (Å²) in [5.41, 5.74) is 4.14. The summed E-state index contributed by atoms with van der Waals surface area (Å²) in [6.07, 6.45) is 0.644. The van der Waals surface area contributed by atoms with Crippen molar-refractivity contribution in [1.82, 2.24) is 5.43 Å². The van der Waals surface area contributed by atoms with Crippen molar-refractivity contribution in [2.75, 3.05) is 7.11 Å². The van der Waals surface area contributed by atoms with E-state index in [0.29, 0.717) is 39.3 Å². The first-order valence-electron chi connectivity index (χ1n) is 13.2. The van der Waals surface area contributed by atoms with Crippen molar-refractivity contribution in [2.45, 2.75) is 19.6 Å². The number of rotatable bonds is 11. The number of thiophene rings is 1. The number of nitrogens with one attached hydrogen (secondary N) is 1. The first-order chi connectivity index (χ1) is 20.9. The van der Waals surface area contributed by atoms with Gasteiger partial charge in [-0.15, -0.1) is 11.3 Å². The van der Waals surface area contributed by atoms with Crippen LogP contribution in [0.3, 0.4) is 0 Å². The molecule has 4 aromatic carbocycles. The van der Waals surface area contributed by atoms with Crippen LogP contribution in [0.15, 0.2) is 102 Å². The lowest BCUT2D eigenvalue weighted by Crippen LogP contribution is -2.33. The third-order valence-electron chi connectivity index (χ3n) is 6.25. The molecule has 1 unspecified atom stereocenters. The molecular formula is C33H27ClN2O6S. The normalized spacial score (nSPS) is 11.7. The van der Waals surface area contributed by atoms with Gasteiger partial charge in [0.15, 0.2) is 17.6 Å². The molecule has 0 aliphatic rings. The predicted molar refractivity (Wildman–Crippen MR) is 168 cm³/mol. The van der Waals surface area contributed by atoms with E-state index in [-0.39, 0.29) is 5.75 Å². The van der Waals surface area contributed by atoms with Crippen LogP contribution in [0, 0.1) is 0 Å². The maximum Gasteiger partial charge on any atom is 0.355 e. The fourth-order valence-corrected chi connectivity index (χ4v) is 5.40. The van der Waals surface area contributed by atoms with Crippen LogP contribution < -0.4 is 24.4 Å². The second-order valence-corrected chi connectivity index (χ2v) is 10.7. The molecule has 1 atom stereocenters. The summed E-state index contributed by atoms with van der Waals surface area (Å²) in [7, 11) is 1.46. The van der Waals surface area contributed by atoms with Crippen LogP contribution in [0.25, 0.3) is 10.1 Å². The molecule has 5 aromatic rings. The molecule has 1 aromatic heterocycles. The van der Waals surface area contributed by atoms with Gasteiger partial charge >= 0.3 is 5.97 Å². The second kappa shape index (κ2) is 13.9. The molecule has 1 heterocycles. The van der Waals surface area contributed by atoms with Crippen molar-refractivity contribution >= 4 is 51.1 Å². The van der Waals surface area contributed by atoms with Gasteiger partial charge in [0, 0.05) is 10.1 Å². The van der Waals surface area contributed by atoms with Gasteiger partial charge in [-0.1, -0.05) is 60.1 Å². The van der Waals surface area contributed by atoms with Crippen LogP contribution in [0.5, 0.6) is 23.0 Å². The monoisotopic (exact) mass is 614 g/mol. The van der Waals surface area contributed by atoms with Crippen molar-refractivity contribution in [3.8, 4) is 23.0 Å². The zero-order chi connectivity index (χ0) is 30.2. The summed E-state index contributed by atoms with van der Waals surface area (Å²) in [6.45, 7) is 2.08. The molecule has 0 radical (unpaired) electrons. The number of fused-ring (bicyclic) bond motifs is 1. The number of carbonyl (C=O) groups excluding carboxylic acids is 2. The van der Waals surface area contributed by atoms with E-state index in [4.69, 9.17) is 30.5 Å². The fraction of sp³-hybridized carbons (Fsp3) is 0.121. The van der Waals surface area contributed by atoms with Gasteiger partial charge in [0.05, 0.1) is 18.3 Å². The van der Waals surface area contributed by atoms with Gasteiger partial charge in [-0.2, -0.15) is 5.10 Å². The predicted octanol–water partition coefficient (Wildman–Crippen LogP) is 7.28. The molecule has 43 heavy (non-hydrogen) atoms. The van der Waals surface area contributed by atoms with Gasteiger partial charge in [-0.05, 0) is 66.6 Å². The van der Waals surface area contributed by atoms with Gasteiger partial charge in [0.25, 0.3) is 5.91 Å². The minimum Gasteiger partial charge on any atom is -0.493 e. The van der Waals surface area contributed by atoms with Crippen LogP contribution in [-0.2, 0) is 11.4 Å². The van der Waals surface area contributed by atoms with E-state index in [1.807, 2.05) is 54.6 Å². The second-order valence-electron chi connectivity index (χ2n) is 9.28. The molecule has 5 rings (SSSR count). The highest BCUT2D eigenvalue weighted by Crippen LogP contribution is 2.37. The average Bonchev–Trinajstić information content (AvgIpc) is 3.38. The van der Waals surface area contributed by atoms with Crippen LogP contribution in [0.4, 0.5) is 0 Å².